The van der Waals surface area contributed by atoms with Crippen molar-refractivity contribution < 1.29 is 20.1 Å². The summed E-state index contributed by atoms with van der Waals surface area (Å²) in [6.07, 6.45) is 0. The van der Waals surface area contributed by atoms with Gasteiger partial charge in [0.2, 0.25) is 0 Å². The van der Waals surface area contributed by atoms with Crippen molar-refractivity contribution in [1.29, 1.82) is 0 Å². The average molecular weight is 198 g/mol. The lowest BCUT2D eigenvalue weighted by Crippen LogP contribution is -1.90. The molecule has 0 spiro atoms. The minimum atomic E-state index is -0.611. The summed E-state index contributed by atoms with van der Waals surface area (Å²) in [4.78, 5) is 10.8. The first-order valence-electron chi connectivity index (χ1n) is 4.28. The predicted molar refractivity (Wildman–Crippen MR) is 52.8 cm³/mol. The Bertz CT molecular complexity index is 308. The smallest absolute Gasteiger partial charge is 0.200 e. The Kier molecular flexibility index (Phi) is 4.49. The number of phenols is 3. The molecule has 1 aromatic rings. The molecule has 78 valence electrons. The first-order valence-corrected chi connectivity index (χ1v) is 4.28. The van der Waals surface area contributed by atoms with Crippen LogP contribution in [0.15, 0.2) is 12.1 Å². The Labute approximate surface area is 82.4 Å². The van der Waals surface area contributed by atoms with Crippen LogP contribution in [0.1, 0.15) is 31.1 Å². The molecule has 0 saturated carbocycles. The standard InChI is InChI=1S/C8H8O4.C2H6/c1-4(9)5-2-6(10)8(12)7(11)3-5;1-2/h2-3,10-12H,1H3;1-2H3. The molecule has 0 aliphatic carbocycles. The van der Waals surface area contributed by atoms with E-state index in [9.17, 15) is 4.79 Å². The number of phenolic OH excluding ortho intramolecular Hbond substituents is 3. The molecule has 3 N–H and O–H groups in total. The maximum absolute atomic E-state index is 10.8. The van der Waals surface area contributed by atoms with Crippen LogP contribution < -0.4 is 0 Å². The Morgan fingerprint density at radius 3 is 1.71 bits per heavy atom. The topological polar surface area (TPSA) is 77.8 Å². The number of rotatable bonds is 1. The summed E-state index contributed by atoms with van der Waals surface area (Å²) in [5, 5.41) is 26.8. The van der Waals surface area contributed by atoms with E-state index in [2.05, 4.69) is 0 Å². The normalized spacial score (nSPS) is 8.79. The lowest BCUT2D eigenvalue weighted by molar-refractivity contribution is 0.101. The molecule has 0 aliphatic rings. The fraction of sp³-hybridized carbons (Fsp3) is 0.300. The van der Waals surface area contributed by atoms with E-state index in [1.807, 2.05) is 13.8 Å². The number of aromatic hydroxyl groups is 3. The quantitative estimate of drug-likeness (QED) is 0.476. The second-order valence-corrected chi connectivity index (χ2v) is 2.42. The van der Waals surface area contributed by atoms with Crippen molar-refractivity contribution >= 4 is 5.78 Å². The van der Waals surface area contributed by atoms with Gasteiger partial charge in [0.1, 0.15) is 0 Å². The highest BCUT2D eigenvalue weighted by Gasteiger charge is 2.09. The molecule has 0 bridgehead atoms. The lowest BCUT2D eigenvalue weighted by Gasteiger charge is -2.02. The number of benzene rings is 1. The molecule has 0 radical (unpaired) electrons. The van der Waals surface area contributed by atoms with Crippen molar-refractivity contribution in [2.75, 3.05) is 0 Å². The maximum atomic E-state index is 10.8. The van der Waals surface area contributed by atoms with Gasteiger partial charge in [-0.1, -0.05) is 13.8 Å². The third kappa shape index (κ3) is 2.65. The highest BCUT2D eigenvalue weighted by atomic mass is 16.3. The number of hydrogen-bond acceptors (Lipinski definition) is 4. The van der Waals surface area contributed by atoms with Crippen molar-refractivity contribution in [2.24, 2.45) is 0 Å². The third-order valence-corrected chi connectivity index (χ3v) is 1.48. The zero-order chi connectivity index (χ0) is 11.3. The van der Waals surface area contributed by atoms with Crippen LogP contribution in [0.25, 0.3) is 0 Å². The molecule has 0 amide bonds. The SMILES string of the molecule is CC.CC(=O)c1cc(O)c(O)c(O)c1. The Hall–Kier alpha value is -1.71. The summed E-state index contributed by atoms with van der Waals surface area (Å²) in [7, 11) is 0. The maximum Gasteiger partial charge on any atom is 0.200 e. The number of carbonyl (C=O) groups excluding carboxylic acids is 1. The minimum Gasteiger partial charge on any atom is -0.504 e. The number of hydrogen-bond donors (Lipinski definition) is 3. The largest absolute Gasteiger partial charge is 0.504 e. The van der Waals surface area contributed by atoms with Crippen LogP contribution in [0.4, 0.5) is 0 Å². The molecule has 1 rings (SSSR count). The number of ketones is 1. The van der Waals surface area contributed by atoms with Gasteiger partial charge in [0.05, 0.1) is 0 Å². The number of carbonyl (C=O) groups is 1. The van der Waals surface area contributed by atoms with Gasteiger partial charge in [-0.05, 0) is 19.1 Å². The molecule has 0 heterocycles. The Morgan fingerprint density at radius 2 is 1.43 bits per heavy atom. The summed E-state index contributed by atoms with van der Waals surface area (Å²) >= 11 is 0. The molecule has 14 heavy (non-hydrogen) atoms. The molecule has 0 atom stereocenters. The van der Waals surface area contributed by atoms with E-state index in [0.29, 0.717) is 0 Å². The van der Waals surface area contributed by atoms with Crippen LogP contribution in [0, 0.1) is 0 Å². The van der Waals surface area contributed by atoms with Crippen molar-refractivity contribution in [1.82, 2.24) is 0 Å². The van der Waals surface area contributed by atoms with Crippen LogP contribution in [-0.4, -0.2) is 21.1 Å². The van der Waals surface area contributed by atoms with E-state index in [1.54, 1.807) is 0 Å². The van der Waals surface area contributed by atoms with Gasteiger partial charge in [-0.2, -0.15) is 0 Å². The second-order valence-electron chi connectivity index (χ2n) is 2.42. The summed E-state index contributed by atoms with van der Waals surface area (Å²) in [6, 6.07) is 2.19. The van der Waals surface area contributed by atoms with Crippen molar-refractivity contribution in [3.05, 3.63) is 17.7 Å². The van der Waals surface area contributed by atoms with Crippen molar-refractivity contribution in [3.8, 4) is 17.2 Å². The van der Waals surface area contributed by atoms with E-state index < -0.39 is 17.2 Å². The van der Waals surface area contributed by atoms with E-state index in [-0.39, 0.29) is 11.3 Å². The molecule has 0 unspecified atom stereocenters. The molecule has 0 fully saturated rings. The molecule has 4 heteroatoms. The van der Waals surface area contributed by atoms with Crippen LogP contribution >= 0.6 is 0 Å². The second kappa shape index (κ2) is 5.11. The highest BCUT2D eigenvalue weighted by Crippen LogP contribution is 2.35. The van der Waals surface area contributed by atoms with Gasteiger partial charge in [0, 0.05) is 5.56 Å². The monoisotopic (exact) mass is 198 g/mol. The van der Waals surface area contributed by atoms with Gasteiger partial charge in [0.15, 0.2) is 23.0 Å². The van der Waals surface area contributed by atoms with Gasteiger partial charge in [-0.3, -0.25) is 4.79 Å². The lowest BCUT2D eigenvalue weighted by atomic mass is 10.1. The molecular weight excluding hydrogens is 184 g/mol. The molecule has 0 aliphatic heterocycles. The first kappa shape index (κ1) is 12.3. The number of Topliss-reactive ketones (excluding diaryl/α,β-unsaturated/α-hetero) is 1. The minimum absolute atomic E-state index is 0.155. The summed E-state index contributed by atoms with van der Waals surface area (Å²) < 4.78 is 0. The van der Waals surface area contributed by atoms with Gasteiger partial charge in [-0.25, -0.2) is 0 Å². The third-order valence-electron chi connectivity index (χ3n) is 1.48. The Morgan fingerprint density at radius 1 is 1.07 bits per heavy atom. The molecular formula is C10H14O4. The first-order chi connectivity index (χ1) is 6.52. The summed E-state index contributed by atoms with van der Waals surface area (Å²) in [5.74, 6) is -1.90. The van der Waals surface area contributed by atoms with Crippen LogP contribution in [0.2, 0.25) is 0 Å². The van der Waals surface area contributed by atoms with Gasteiger partial charge in [-0.15, -0.1) is 0 Å². The molecule has 0 aromatic heterocycles. The Balaban J connectivity index is 0.000000791. The van der Waals surface area contributed by atoms with Crippen LogP contribution in [-0.2, 0) is 0 Å². The van der Waals surface area contributed by atoms with E-state index in [1.165, 1.54) is 6.92 Å². The summed E-state index contributed by atoms with van der Waals surface area (Å²) in [5.41, 5.74) is 0.155. The van der Waals surface area contributed by atoms with E-state index >= 15 is 0 Å². The van der Waals surface area contributed by atoms with Gasteiger partial charge in [0.25, 0.3) is 0 Å². The fourth-order valence-corrected chi connectivity index (χ4v) is 0.807. The van der Waals surface area contributed by atoms with E-state index in [0.717, 1.165) is 12.1 Å². The van der Waals surface area contributed by atoms with E-state index in [4.69, 9.17) is 15.3 Å². The van der Waals surface area contributed by atoms with Crippen molar-refractivity contribution in [2.45, 2.75) is 20.8 Å². The average Bonchev–Trinajstić information content (AvgIpc) is 2.16. The van der Waals surface area contributed by atoms with Gasteiger partial charge < -0.3 is 15.3 Å². The zero-order valence-corrected chi connectivity index (χ0v) is 8.40. The molecule has 1 aromatic carbocycles. The zero-order valence-electron chi connectivity index (χ0n) is 8.40. The fourth-order valence-electron chi connectivity index (χ4n) is 0.807. The predicted octanol–water partition coefficient (Wildman–Crippen LogP) is 2.03. The van der Waals surface area contributed by atoms with Crippen molar-refractivity contribution in [3.63, 3.8) is 0 Å². The molecule has 4 nitrogen and oxygen atoms in total. The highest BCUT2D eigenvalue weighted by molar-refractivity contribution is 5.95. The van der Waals surface area contributed by atoms with Gasteiger partial charge >= 0.3 is 0 Å². The van der Waals surface area contributed by atoms with Crippen LogP contribution in [0.3, 0.4) is 0 Å². The molecule has 0 saturated heterocycles. The summed E-state index contributed by atoms with van der Waals surface area (Å²) in [6.45, 7) is 5.30. The van der Waals surface area contributed by atoms with Crippen LogP contribution in [0.5, 0.6) is 17.2 Å².